The maximum absolute atomic E-state index is 14.2. The fourth-order valence-electron chi connectivity index (χ4n) is 3.94. The number of amides is 1. The molecule has 0 unspecified atom stereocenters. The molecule has 1 heterocycles. The zero-order chi connectivity index (χ0) is 25.2. The third-order valence-electron chi connectivity index (χ3n) is 5.77. The number of hydrogen-bond acceptors (Lipinski definition) is 5. The van der Waals surface area contributed by atoms with Crippen molar-refractivity contribution in [2.24, 2.45) is 5.41 Å². The van der Waals surface area contributed by atoms with Gasteiger partial charge in [0.2, 0.25) is 11.6 Å². The highest BCUT2D eigenvalue weighted by Gasteiger charge is 2.36. The Morgan fingerprint density at radius 2 is 1.88 bits per heavy atom. The molecule has 1 amide bonds. The molecule has 180 valence electrons. The molecule has 3 rings (SSSR count). The molecule has 1 aromatic carbocycles. The van der Waals surface area contributed by atoms with Gasteiger partial charge in [-0.05, 0) is 32.6 Å². The summed E-state index contributed by atoms with van der Waals surface area (Å²) in [5, 5.41) is 15.6. The summed E-state index contributed by atoms with van der Waals surface area (Å²) in [4.78, 5) is 27.5. The van der Waals surface area contributed by atoms with Crippen molar-refractivity contribution in [1.29, 1.82) is 0 Å². The smallest absolute Gasteiger partial charge is 0.247 e. The molecule has 0 aliphatic heterocycles. The van der Waals surface area contributed by atoms with Gasteiger partial charge in [-0.1, -0.05) is 26.0 Å². The second-order valence-corrected chi connectivity index (χ2v) is 9.16. The van der Waals surface area contributed by atoms with Crippen molar-refractivity contribution in [2.45, 2.75) is 20.3 Å². The second kappa shape index (κ2) is 9.72. The number of allylic oxidation sites excluding steroid dienone is 3. The summed E-state index contributed by atoms with van der Waals surface area (Å²) >= 11 is 0. The molecule has 0 bridgehead atoms. The fourth-order valence-corrected chi connectivity index (χ4v) is 3.94. The molecule has 34 heavy (non-hydrogen) atoms. The van der Waals surface area contributed by atoms with Crippen molar-refractivity contribution in [1.82, 2.24) is 10.2 Å². The van der Waals surface area contributed by atoms with E-state index in [1.165, 1.54) is 6.07 Å². The summed E-state index contributed by atoms with van der Waals surface area (Å²) in [6.07, 6.45) is 4.76. The molecule has 2 aromatic rings. The molecule has 9 heteroatoms. The van der Waals surface area contributed by atoms with Crippen LogP contribution in [0, 0.1) is 22.3 Å². The number of likely N-dealkylation sites (N-methyl/N-ethyl adjacent to an activating group) is 1. The number of nitrogens with one attached hydrogen (secondary N) is 1. The number of rotatable bonds is 7. The number of nitrogens with zero attached hydrogens (tertiary/aromatic N) is 2. The first kappa shape index (κ1) is 25.0. The second-order valence-electron chi connectivity index (χ2n) is 9.16. The van der Waals surface area contributed by atoms with Gasteiger partial charge in [0.05, 0.1) is 11.1 Å². The Bertz CT molecular complexity index is 1200. The molecule has 3 N–H and O–H groups in total. The summed E-state index contributed by atoms with van der Waals surface area (Å²) in [7, 11) is 3.83. The number of benzene rings is 1. The lowest BCUT2D eigenvalue weighted by Crippen LogP contribution is -2.38. The minimum atomic E-state index is -1.02. The molecule has 1 aromatic heterocycles. The number of nitrogen functional groups attached to an aromatic ring is 1. The van der Waals surface area contributed by atoms with Crippen LogP contribution in [-0.4, -0.2) is 43.8 Å². The van der Waals surface area contributed by atoms with Crippen LogP contribution in [0.1, 0.15) is 41.9 Å². The highest BCUT2D eigenvalue weighted by Crippen LogP contribution is 2.43. The van der Waals surface area contributed by atoms with E-state index in [0.717, 1.165) is 18.3 Å². The lowest BCUT2D eigenvalue weighted by molar-refractivity contribution is -0.607. The first-order chi connectivity index (χ1) is 15.9. The van der Waals surface area contributed by atoms with Crippen LogP contribution >= 0.6 is 0 Å². The van der Waals surface area contributed by atoms with Crippen molar-refractivity contribution in [3.8, 4) is 0 Å². The van der Waals surface area contributed by atoms with Crippen LogP contribution in [0.25, 0.3) is 5.57 Å². The van der Waals surface area contributed by atoms with Crippen molar-refractivity contribution in [2.75, 3.05) is 32.9 Å². The van der Waals surface area contributed by atoms with E-state index in [9.17, 15) is 23.6 Å². The molecule has 0 saturated carbocycles. The molecule has 0 saturated heterocycles. The zero-order valence-electron chi connectivity index (χ0n) is 19.6. The van der Waals surface area contributed by atoms with Crippen molar-refractivity contribution >= 4 is 23.0 Å². The van der Waals surface area contributed by atoms with Crippen LogP contribution in [0.3, 0.4) is 0 Å². The van der Waals surface area contributed by atoms with E-state index in [1.54, 1.807) is 12.2 Å². The lowest BCUT2D eigenvalue weighted by Gasteiger charge is -2.31. The number of carbonyl (C=O) groups excluding carboxylic acids is 2. The van der Waals surface area contributed by atoms with E-state index in [2.05, 4.69) is 5.32 Å². The van der Waals surface area contributed by atoms with Crippen LogP contribution in [-0.2, 0) is 4.79 Å². The number of halogens is 2. The van der Waals surface area contributed by atoms with E-state index < -0.39 is 22.8 Å². The molecule has 1 aliphatic rings. The third-order valence-corrected chi connectivity index (χ3v) is 5.77. The predicted molar refractivity (Wildman–Crippen MR) is 126 cm³/mol. The maximum atomic E-state index is 14.2. The van der Waals surface area contributed by atoms with Gasteiger partial charge < -0.3 is 21.2 Å². The van der Waals surface area contributed by atoms with Crippen LogP contribution in [0.5, 0.6) is 0 Å². The Morgan fingerprint density at radius 3 is 2.50 bits per heavy atom. The Hall–Kier alpha value is -3.59. The number of nitrogens with two attached hydrogens (primary N) is 1. The third kappa shape index (κ3) is 5.14. The fraction of sp³-hybridized carbons (Fsp3) is 0.320. The van der Waals surface area contributed by atoms with Crippen molar-refractivity contribution < 1.29 is 23.1 Å². The average Bonchev–Trinajstić information content (AvgIpc) is 2.73. The maximum Gasteiger partial charge on any atom is 0.247 e. The molecule has 7 nitrogen and oxygen atoms in total. The molecular formula is C25H28F2N4O3. The SMILES string of the molecule is CN(C)CCNC(=O)C1=CC=C(c2c(N)c(C(=O)c3ccc(F)cc3F)cc[n+]2[O-])C(C)(C)C1. The highest BCUT2D eigenvalue weighted by atomic mass is 19.1. The van der Waals surface area contributed by atoms with Gasteiger partial charge in [0.1, 0.15) is 17.3 Å². The van der Waals surface area contributed by atoms with Crippen LogP contribution in [0.4, 0.5) is 14.5 Å². The Balaban J connectivity index is 1.99. The predicted octanol–water partition coefficient (Wildman–Crippen LogP) is 2.83. The van der Waals surface area contributed by atoms with Crippen LogP contribution in [0.15, 0.2) is 48.2 Å². The summed E-state index contributed by atoms with van der Waals surface area (Å²) in [6, 6.07) is 3.85. The van der Waals surface area contributed by atoms with Crippen molar-refractivity contribution in [3.05, 3.63) is 81.8 Å². The van der Waals surface area contributed by atoms with Gasteiger partial charge in [-0.2, -0.15) is 4.73 Å². The van der Waals surface area contributed by atoms with E-state index in [4.69, 9.17) is 5.73 Å². The average molecular weight is 471 g/mol. The lowest BCUT2D eigenvalue weighted by atomic mass is 9.73. The van der Waals surface area contributed by atoms with Gasteiger partial charge in [-0.25, -0.2) is 8.78 Å². The largest absolute Gasteiger partial charge is 0.618 e. The van der Waals surface area contributed by atoms with E-state index in [0.29, 0.717) is 41.5 Å². The summed E-state index contributed by atoms with van der Waals surface area (Å²) < 4.78 is 28.0. The van der Waals surface area contributed by atoms with Crippen LogP contribution < -0.4 is 15.8 Å². The van der Waals surface area contributed by atoms with Gasteiger partial charge in [-0.3, -0.25) is 9.59 Å². The van der Waals surface area contributed by atoms with Gasteiger partial charge in [-0.15, -0.1) is 0 Å². The monoisotopic (exact) mass is 470 g/mol. The highest BCUT2D eigenvalue weighted by molar-refractivity contribution is 6.13. The number of aromatic nitrogens is 1. The number of anilines is 1. The molecule has 0 atom stereocenters. The van der Waals surface area contributed by atoms with E-state index >= 15 is 0 Å². The van der Waals surface area contributed by atoms with Gasteiger partial charge in [0, 0.05) is 41.8 Å². The molecule has 0 radical (unpaired) electrons. The normalized spacial score (nSPS) is 15.0. The molecule has 0 fully saturated rings. The first-order valence-corrected chi connectivity index (χ1v) is 10.8. The minimum Gasteiger partial charge on any atom is -0.618 e. The number of pyridine rings is 1. The van der Waals surface area contributed by atoms with Gasteiger partial charge >= 0.3 is 0 Å². The topological polar surface area (TPSA) is 102 Å². The summed E-state index contributed by atoms with van der Waals surface area (Å²) in [5.41, 5.74) is 6.22. The molecular weight excluding hydrogens is 442 g/mol. The van der Waals surface area contributed by atoms with Crippen molar-refractivity contribution in [3.63, 3.8) is 0 Å². The van der Waals surface area contributed by atoms with Gasteiger partial charge in [0.15, 0.2) is 12.0 Å². The number of hydrogen-bond donors (Lipinski definition) is 2. The standard InChI is InChI=1S/C25H28F2N4O3/c1-25(2)14-15(24(33)29-10-12-30(3)4)5-8-19(25)22-21(28)18(9-11-31(22)34)23(32)17-7-6-16(26)13-20(17)27/h5-9,11,13H,10,12,14,28H2,1-4H3,(H,29,33). The van der Waals surface area contributed by atoms with Crippen LogP contribution in [0.2, 0.25) is 0 Å². The number of carbonyl (C=O) groups is 2. The van der Waals surface area contributed by atoms with E-state index in [1.807, 2.05) is 32.8 Å². The summed E-state index contributed by atoms with van der Waals surface area (Å²) in [6.45, 7) is 4.93. The quantitative estimate of drug-likeness (QED) is 0.368. The Kier molecular flexibility index (Phi) is 7.16. The summed E-state index contributed by atoms with van der Waals surface area (Å²) in [5.74, 6) is -2.78. The molecule has 1 aliphatic carbocycles. The van der Waals surface area contributed by atoms with E-state index in [-0.39, 0.29) is 28.4 Å². The number of ketones is 1. The Labute approximate surface area is 197 Å². The first-order valence-electron chi connectivity index (χ1n) is 10.8. The Morgan fingerprint density at radius 1 is 1.18 bits per heavy atom. The van der Waals surface area contributed by atoms with Gasteiger partial charge in [0.25, 0.3) is 0 Å². The minimum absolute atomic E-state index is 0.0571. The zero-order valence-corrected chi connectivity index (χ0v) is 19.6. The molecule has 0 spiro atoms.